The van der Waals surface area contributed by atoms with Crippen molar-refractivity contribution in [3.8, 4) is 5.75 Å². The molecule has 1 saturated heterocycles. The summed E-state index contributed by atoms with van der Waals surface area (Å²) in [6.45, 7) is 5.78. The lowest BCUT2D eigenvalue weighted by Crippen LogP contribution is -2.46. The molecule has 3 N–H and O–H groups in total. The molecule has 0 unspecified atom stereocenters. The third-order valence-corrected chi connectivity index (χ3v) is 4.69. The summed E-state index contributed by atoms with van der Waals surface area (Å²) in [6.07, 6.45) is 1.81. The van der Waals surface area contributed by atoms with E-state index in [1.165, 1.54) is 0 Å². The minimum Gasteiger partial charge on any atom is -0.508 e. The van der Waals surface area contributed by atoms with Gasteiger partial charge in [-0.05, 0) is 68.1 Å². The van der Waals surface area contributed by atoms with Crippen molar-refractivity contribution in [1.29, 1.82) is 0 Å². The van der Waals surface area contributed by atoms with E-state index in [1.807, 2.05) is 44.2 Å². The van der Waals surface area contributed by atoms with E-state index in [2.05, 4.69) is 15.5 Å². The van der Waals surface area contributed by atoms with Crippen LogP contribution in [0, 0.1) is 13.8 Å². The summed E-state index contributed by atoms with van der Waals surface area (Å²) in [6, 6.07) is 13.3. The van der Waals surface area contributed by atoms with Gasteiger partial charge in [0.15, 0.2) is 0 Å². The number of carbonyl (C=O) groups is 1. The van der Waals surface area contributed by atoms with Crippen LogP contribution in [0.25, 0.3) is 0 Å². The molecule has 1 aliphatic rings. The van der Waals surface area contributed by atoms with Crippen LogP contribution in [-0.4, -0.2) is 30.3 Å². The van der Waals surface area contributed by atoms with Gasteiger partial charge in [-0.3, -0.25) is 0 Å². The predicted molar refractivity (Wildman–Crippen MR) is 101 cm³/mol. The number of rotatable bonds is 3. The number of urea groups is 1. The topological polar surface area (TPSA) is 64.6 Å². The minimum absolute atomic E-state index is 0.142. The molecule has 3 rings (SSSR count). The monoisotopic (exact) mass is 339 g/mol. The average molecular weight is 339 g/mol. The Morgan fingerprint density at radius 2 is 1.76 bits per heavy atom. The molecular weight excluding hydrogens is 314 g/mol. The molecule has 0 spiro atoms. The smallest absolute Gasteiger partial charge is 0.319 e. The fourth-order valence-corrected chi connectivity index (χ4v) is 3.16. The number of benzene rings is 2. The molecule has 2 aromatic rings. The predicted octanol–water partition coefficient (Wildman–Crippen LogP) is 3.80. The summed E-state index contributed by atoms with van der Waals surface area (Å²) in [4.78, 5) is 14.5. The van der Waals surface area contributed by atoms with Gasteiger partial charge in [0, 0.05) is 30.5 Å². The number of hydrogen-bond donors (Lipinski definition) is 3. The number of nitrogens with zero attached hydrogens (tertiary/aromatic N) is 1. The zero-order valence-corrected chi connectivity index (χ0v) is 14.7. The highest BCUT2D eigenvalue weighted by Gasteiger charge is 2.21. The number of hydrogen-bond acceptors (Lipinski definition) is 3. The summed E-state index contributed by atoms with van der Waals surface area (Å²) in [5.41, 5.74) is 4.15. The van der Waals surface area contributed by atoms with Gasteiger partial charge in [-0.1, -0.05) is 12.1 Å². The molecular formula is C20H25N3O2. The van der Waals surface area contributed by atoms with E-state index in [4.69, 9.17) is 0 Å². The van der Waals surface area contributed by atoms with Crippen molar-refractivity contribution >= 4 is 17.4 Å². The van der Waals surface area contributed by atoms with E-state index in [9.17, 15) is 9.90 Å². The molecule has 5 heteroatoms. The van der Waals surface area contributed by atoms with Crippen molar-refractivity contribution in [1.82, 2.24) is 5.32 Å². The van der Waals surface area contributed by atoms with Crippen LogP contribution < -0.4 is 15.5 Å². The van der Waals surface area contributed by atoms with E-state index >= 15 is 0 Å². The molecule has 132 valence electrons. The number of amides is 2. The third kappa shape index (κ3) is 4.44. The van der Waals surface area contributed by atoms with Crippen LogP contribution in [0.1, 0.15) is 24.0 Å². The van der Waals surface area contributed by atoms with Gasteiger partial charge in [-0.25, -0.2) is 4.79 Å². The van der Waals surface area contributed by atoms with Gasteiger partial charge in [-0.15, -0.1) is 0 Å². The Labute approximate surface area is 148 Å². The zero-order valence-electron chi connectivity index (χ0n) is 14.7. The Kier molecular flexibility index (Phi) is 5.12. The Bertz CT molecular complexity index is 735. The number of piperidine rings is 1. The second-order valence-electron chi connectivity index (χ2n) is 6.69. The van der Waals surface area contributed by atoms with Gasteiger partial charge in [-0.2, -0.15) is 0 Å². The van der Waals surface area contributed by atoms with E-state index in [1.54, 1.807) is 12.1 Å². The van der Waals surface area contributed by atoms with Gasteiger partial charge in [0.1, 0.15) is 5.75 Å². The number of carbonyl (C=O) groups excluding carboxylic acids is 1. The Balaban J connectivity index is 1.51. The molecule has 1 fully saturated rings. The number of aryl methyl sites for hydroxylation is 2. The highest BCUT2D eigenvalue weighted by molar-refractivity contribution is 5.90. The lowest BCUT2D eigenvalue weighted by molar-refractivity contribution is 0.246. The van der Waals surface area contributed by atoms with Crippen LogP contribution in [-0.2, 0) is 0 Å². The normalized spacial score (nSPS) is 15.0. The first-order chi connectivity index (χ1) is 12.0. The fourth-order valence-electron chi connectivity index (χ4n) is 3.16. The molecule has 0 aromatic heterocycles. The minimum atomic E-state index is -0.142. The first kappa shape index (κ1) is 17.1. The number of phenols is 1. The maximum absolute atomic E-state index is 12.3. The van der Waals surface area contributed by atoms with E-state index in [0.717, 1.165) is 48.4 Å². The van der Waals surface area contributed by atoms with Crippen molar-refractivity contribution in [2.75, 3.05) is 23.3 Å². The maximum Gasteiger partial charge on any atom is 0.319 e. The van der Waals surface area contributed by atoms with Gasteiger partial charge in [0.2, 0.25) is 0 Å². The molecule has 2 amide bonds. The number of phenolic OH excluding ortho intramolecular Hbond substituents is 1. The van der Waals surface area contributed by atoms with Gasteiger partial charge >= 0.3 is 6.03 Å². The molecule has 2 aromatic carbocycles. The molecule has 25 heavy (non-hydrogen) atoms. The van der Waals surface area contributed by atoms with Gasteiger partial charge in [0.05, 0.1) is 0 Å². The average Bonchev–Trinajstić information content (AvgIpc) is 2.59. The highest BCUT2D eigenvalue weighted by atomic mass is 16.3. The lowest BCUT2D eigenvalue weighted by Gasteiger charge is -2.34. The fraction of sp³-hybridized carbons (Fsp3) is 0.350. The van der Waals surface area contributed by atoms with Crippen molar-refractivity contribution in [3.05, 3.63) is 53.6 Å². The molecule has 1 aliphatic heterocycles. The van der Waals surface area contributed by atoms with Crippen LogP contribution in [0.3, 0.4) is 0 Å². The van der Waals surface area contributed by atoms with Crippen molar-refractivity contribution in [2.24, 2.45) is 0 Å². The van der Waals surface area contributed by atoms with Crippen LogP contribution >= 0.6 is 0 Å². The van der Waals surface area contributed by atoms with Gasteiger partial charge < -0.3 is 20.6 Å². The zero-order chi connectivity index (χ0) is 17.8. The first-order valence-corrected chi connectivity index (χ1v) is 8.70. The second kappa shape index (κ2) is 7.47. The summed E-state index contributed by atoms with van der Waals surface area (Å²) < 4.78 is 0. The van der Waals surface area contributed by atoms with Crippen LogP contribution in [0.5, 0.6) is 5.75 Å². The number of anilines is 2. The lowest BCUT2D eigenvalue weighted by atomic mass is 10.0. The van der Waals surface area contributed by atoms with Crippen molar-refractivity contribution in [3.63, 3.8) is 0 Å². The maximum atomic E-state index is 12.3. The Morgan fingerprint density at radius 1 is 1.08 bits per heavy atom. The second-order valence-corrected chi connectivity index (χ2v) is 6.69. The highest BCUT2D eigenvalue weighted by Crippen LogP contribution is 2.22. The van der Waals surface area contributed by atoms with Crippen LogP contribution in [0.4, 0.5) is 16.2 Å². The first-order valence-electron chi connectivity index (χ1n) is 8.70. The van der Waals surface area contributed by atoms with Crippen LogP contribution in [0.15, 0.2) is 42.5 Å². The summed E-state index contributed by atoms with van der Waals surface area (Å²) >= 11 is 0. The SMILES string of the molecule is Cc1ccc(C)c(NC(=O)NC2CCN(c3ccc(O)cc3)CC2)c1. The molecule has 0 atom stereocenters. The van der Waals surface area contributed by atoms with E-state index < -0.39 is 0 Å². The molecule has 0 aliphatic carbocycles. The van der Waals surface area contributed by atoms with Gasteiger partial charge in [0.25, 0.3) is 0 Å². The Hall–Kier alpha value is -2.69. The summed E-state index contributed by atoms with van der Waals surface area (Å²) in [7, 11) is 0. The third-order valence-electron chi connectivity index (χ3n) is 4.69. The van der Waals surface area contributed by atoms with Crippen LogP contribution in [0.2, 0.25) is 0 Å². The molecule has 0 bridgehead atoms. The summed E-state index contributed by atoms with van der Waals surface area (Å²) in [5.74, 6) is 0.281. The molecule has 5 nitrogen and oxygen atoms in total. The number of nitrogens with one attached hydrogen (secondary N) is 2. The molecule has 0 saturated carbocycles. The quantitative estimate of drug-likeness (QED) is 0.797. The Morgan fingerprint density at radius 3 is 2.44 bits per heavy atom. The standard InChI is InChI=1S/C20H25N3O2/c1-14-3-4-15(2)19(13-14)22-20(25)21-16-9-11-23(12-10-16)17-5-7-18(24)8-6-17/h3-8,13,16,24H,9-12H2,1-2H3,(H2,21,22,25). The largest absolute Gasteiger partial charge is 0.508 e. The van der Waals surface area contributed by atoms with E-state index in [-0.39, 0.29) is 17.8 Å². The molecule has 1 heterocycles. The van der Waals surface area contributed by atoms with E-state index in [0.29, 0.717) is 0 Å². The van der Waals surface area contributed by atoms with Crippen molar-refractivity contribution in [2.45, 2.75) is 32.7 Å². The summed E-state index contributed by atoms with van der Waals surface area (Å²) in [5, 5.41) is 15.4. The molecule has 0 radical (unpaired) electrons. The van der Waals surface area contributed by atoms with Crippen molar-refractivity contribution < 1.29 is 9.90 Å². The number of aromatic hydroxyl groups is 1.